The van der Waals surface area contributed by atoms with E-state index >= 15 is 0 Å². The Morgan fingerprint density at radius 1 is 1.19 bits per heavy atom. The van der Waals surface area contributed by atoms with Crippen molar-refractivity contribution < 1.29 is 14.9 Å². The van der Waals surface area contributed by atoms with E-state index in [-0.39, 0.29) is 36.2 Å². The van der Waals surface area contributed by atoms with Gasteiger partial charge in [-0.1, -0.05) is 30.3 Å². The van der Waals surface area contributed by atoms with E-state index in [2.05, 4.69) is 21.7 Å². The van der Waals surface area contributed by atoms with Crippen LogP contribution in [0.4, 0.5) is 11.6 Å². The Labute approximate surface area is 221 Å². The summed E-state index contributed by atoms with van der Waals surface area (Å²) in [7, 11) is 0. The molecule has 3 fully saturated rings. The van der Waals surface area contributed by atoms with Crippen LogP contribution in [0.5, 0.6) is 0 Å². The van der Waals surface area contributed by atoms with Gasteiger partial charge in [-0.25, -0.2) is 15.0 Å². The van der Waals surface area contributed by atoms with Crippen LogP contribution in [-0.4, -0.2) is 76.7 Å². The van der Waals surface area contributed by atoms with Gasteiger partial charge in [0.25, 0.3) is 0 Å². The van der Waals surface area contributed by atoms with Gasteiger partial charge >= 0.3 is 0 Å². The fraction of sp³-hybridized carbons (Fsp3) is 0.640. The second kappa shape index (κ2) is 10.2. The van der Waals surface area contributed by atoms with Crippen LogP contribution in [0.3, 0.4) is 0 Å². The van der Waals surface area contributed by atoms with Crippen LogP contribution in [-0.2, 0) is 11.3 Å². The normalized spacial score (nSPS) is 24.8. The molecule has 9 nitrogen and oxygen atoms in total. The highest BCUT2D eigenvalue weighted by molar-refractivity contribution is 7.99. The van der Waals surface area contributed by atoms with Crippen molar-refractivity contribution in [2.45, 2.75) is 61.8 Å². The van der Waals surface area contributed by atoms with Crippen LogP contribution in [0, 0.1) is 10.8 Å². The Bertz CT molecular complexity index is 1090. The minimum Gasteiger partial charge on any atom is -0.396 e. The highest BCUT2D eigenvalue weighted by Crippen LogP contribution is 2.44. The minimum absolute atomic E-state index is 0.0265. The summed E-state index contributed by atoms with van der Waals surface area (Å²) >= 11 is 8.15. The number of nitrogens with two attached hydrogens (primary N) is 1. The van der Waals surface area contributed by atoms with Crippen molar-refractivity contribution >= 4 is 35.0 Å². The third-order valence-electron chi connectivity index (χ3n) is 8.34. The molecule has 0 radical (unpaired) electrons. The van der Waals surface area contributed by atoms with Crippen molar-refractivity contribution in [3.8, 4) is 0 Å². The van der Waals surface area contributed by atoms with Gasteiger partial charge in [-0.05, 0) is 32.3 Å². The van der Waals surface area contributed by atoms with Gasteiger partial charge in [0.2, 0.25) is 0 Å². The Kier molecular flexibility index (Phi) is 7.37. The number of piperidine rings is 1. The number of halogens is 1. The number of rotatable bonds is 7. The second-order valence-corrected chi connectivity index (χ2v) is 11.9. The quantitative estimate of drug-likeness (QED) is 0.489. The molecular weight excluding hydrogens is 500 g/mol. The smallest absolute Gasteiger partial charge is 0.152 e. The molecule has 4 N–H and O–H groups in total. The summed E-state index contributed by atoms with van der Waals surface area (Å²) in [6.07, 6.45) is 6.35. The summed E-state index contributed by atoms with van der Waals surface area (Å²) in [6.45, 7) is 7.90. The molecule has 2 aromatic heterocycles. The number of hydrogen-bond donors (Lipinski definition) is 3. The summed E-state index contributed by atoms with van der Waals surface area (Å²) in [5.74, 6) is 1.44. The van der Waals surface area contributed by atoms with Crippen LogP contribution >= 0.6 is 23.4 Å². The highest BCUT2D eigenvalue weighted by atomic mass is 35.5. The molecule has 1 spiro atoms. The van der Waals surface area contributed by atoms with Crippen LogP contribution in [0.2, 0.25) is 5.02 Å². The average Bonchev–Trinajstić information content (AvgIpc) is 3.15. The average molecular weight is 535 g/mol. The SMILES string of the molecule is CCC1(CO)CN(c2nccc(Sc3cnc(N4CCC5(CC4)CO[C@@H](C)[C@H]5N)c(CO)n3)c2Cl)C1. The first kappa shape index (κ1) is 25.9. The number of pyridine rings is 1. The van der Waals surface area contributed by atoms with Crippen molar-refractivity contribution in [2.75, 3.05) is 49.2 Å². The molecule has 0 aliphatic carbocycles. The van der Waals surface area contributed by atoms with E-state index in [1.165, 1.54) is 11.8 Å². The predicted molar refractivity (Wildman–Crippen MR) is 141 cm³/mol. The Morgan fingerprint density at radius 3 is 2.56 bits per heavy atom. The molecule has 11 heteroatoms. The summed E-state index contributed by atoms with van der Waals surface area (Å²) < 4.78 is 5.84. The third-order valence-corrected chi connectivity index (χ3v) is 9.79. The fourth-order valence-corrected chi connectivity index (χ4v) is 6.78. The van der Waals surface area contributed by atoms with Crippen molar-refractivity contribution in [2.24, 2.45) is 16.6 Å². The van der Waals surface area contributed by atoms with E-state index in [0.29, 0.717) is 22.3 Å². The first-order valence-electron chi connectivity index (χ1n) is 12.6. The van der Waals surface area contributed by atoms with Crippen LogP contribution in [0.1, 0.15) is 38.8 Å². The van der Waals surface area contributed by atoms with Gasteiger partial charge in [0.15, 0.2) is 5.82 Å². The molecule has 0 unspecified atom stereocenters. The Morgan fingerprint density at radius 2 is 1.94 bits per heavy atom. The first-order valence-corrected chi connectivity index (χ1v) is 13.8. The molecule has 3 saturated heterocycles. The summed E-state index contributed by atoms with van der Waals surface area (Å²) in [5, 5.41) is 21.0. The number of aromatic nitrogens is 3. The molecule has 36 heavy (non-hydrogen) atoms. The van der Waals surface area contributed by atoms with Gasteiger partial charge in [-0.3, -0.25) is 0 Å². The lowest BCUT2D eigenvalue weighted by atomic mass is 9.73. The summed E-state index contributed by atoms with van der Waals surface area (Å²) in [6, 6.07) is 1.91. The number of hydrogen-bond acceptors (Lipinski definition) is 10. The lowest BCUT2D eigenvalue weighted by molar-refractivity contribution is 0.0877. The molecule has 2 aromatic rings. The fourth-order valence-electron chi connectivity index (χ4n) is 5.64. The predicted octanol–water partition coefficient (Wildman–Crippen LogP) is 2.71. The topological polar surface area (TPSA) is 121 Å². The van der Waals surface area contributed by atoms with Gasteiger partial charge in [-0.2, -0.15) is 0 Å². The lowest BCUT2D eigenvalue weighted by Crippen LogP contribution is -2.58. The second-order valence-electron chi connectivity index (χ2n) is 10.4. The molecule has 3 aliphatic heterocycles. The molecule has 3 aliphatic rings. The Balaban J connectivity index is 1.28. The van der Waals surface area contributed by atoms with Gasteiger partial charge in [0.1, 0.15) is 16.5 Å². The van der Waals surface area contributed by atoms with Gasteiger partial charge in [0.05, 0.1) is 37.1 Å². The molecule has 0 bridgehead atoms. The van der Waals surface area contributed by atoms with E-state index < -0.39 is 0 Å². The lowest BCUT2D eigenvalue weighted by Gasteiger charge is -2.49. The first-order chi connectivity index (χ1) is 17.3. The van der Waals surface area contributed by atoms with Gasteiger partial charge in [-0.15, -0.1) is 0 Å². The molecule has 0 saturated carbocycles. The maximum Gasteiger partial charge on any atom is 0.152 e. The van der Waals surface area contributed by atoms with Crippen molar-refractivity contribution in [3.05, 3.63) is 29.2 Å². The number of ether oxygens (including phenoxy) is 1. The van der Waals surface area contributed by atoms with Crippen molar-refractivity contribution in [1.29, 1.82) is 0 Å². The molecule has 5 rings (SSSR count). The standard InChI is InChI=1S/C25H35ClN6O3S/c1-3-24(14-34)12-32(13-24)23-20(26)18(4-7-28-23)36-19-10-29-22(17(11-33)30-19)31-8-5-25(6-9-31)15-35-16(2)21(25)27/h4,7,10,16,21,33-34H,3,5-6,8-9,11-15,27H2,1-2H3/t16-,21+/m0/s1. The number of nitrogens with zero attached hydrogens (tertiary/aromatic N) is 5. The van der Waals surface area contributed by atoms with E-state index in [9.17, 15) is 10.2 Å². The van der Waals surface area contributed by atoms with Crippen LogP contribution in [0.25, 0.3) is 0 Å². The van der Waals surface area contributed by atoms with E-state index in [1.54, 1.807) is 12.4 Å². The largest absolute Gasteiger partial charge is 0.396 e. The maximum absolute atomic E-state index is 10.1. The van der Waals surface area contributed by atoms with E-state index in [4.69, 9.17) is 32.0 Å². The maximum atomic E-state index is 10.1. The molecule has 196 valence electrons. The zero-order valence-electron chi connectivity index (χ0n) is 20.9. The van der Waals surface area contributed by atoms with Crippen molar-refractivity contribution in [3.63, 3.8) is 0 Å². The molecule has 5 heterocycles. The third kappa shape index (κ3) is 4.56. The molecule has 0 aromatic carbocycles. The number of aliphatic hydroxyl groups is 2. The number of aliphatic hydroxyl groups excluding tert-OH is 2. The molecule has 2 atom stereocenters. The van der Waals surface area contributed by atoms with Gasteiger partial charge in [0, 0.05) is 54.1 Å². The zero-order chi connectivity index (χ0) is 25.5. The van der Waals surface area contributed by atoms with Crippen molar-refractivity contribution in [1.82, 2.24) is 15.0 Å². The minimum atomic E-state index is -0.193. The van der Waals surface area contributed by atoms with E-state index in [1.807, 2.05) is 13.0 Å². The van der Waals surface area contributed by atoms with Crippen LogP contribution < -0.4 is 15.5 Å². The Hall–Kier alpha value is -1.69. The highest BCUT2D eigenvalue weighted by Gasteiger charge is 2.48. The van der Waals surface area contributed by atoms with E-state index in [0.717, 1.165) is 62.0 Å². The monoisotopic (exact) mass is 534 g/mol. The number of anilines is 2. The summed E-state index contributed by atoms with van der Waals surface area (Å²) in [5.41, 5.74) is 6.97. The molecular formula is C25H35ClN6O3S. The zero-order valence-corrected chi connectivity index (χ0v) is 22.4. The summed E-state index contributed by atoms with van der Waals surface area (Å²) in [4.78, 5) is 19.0. The van der Waals surface area contributed by atoms with Crippen LogP contribution in [0.15, 0.2) is 28.4 Å². The molecule has 0 amide bonds. The van der Waals surface area contributed by atoms with Gasteiger partial charge < -0.3 is 30.5 Å².